The van der Waals surface area contributed by atoms with Crippen molar-refractivity contribution in [3.63, 3.8) is 0 Å². The SMILES string of the molecule is O=C(Cn1nnn(-c2cccs2)c1=O)Nc1cccc2ncccc12. The highest BCUT2D eigenvalue weighted by Gasteiger charge is 2.13. The second-order valence-electron chi connectivity index (χ2n) is 5.21. The average Bonchev–Trinajstić information content (AvgIpc) is 3.26. The van der Waals surface area contributed by atoms with Crippen LogP contribution in [0.1, 0.15) is 0 Å². The molecule has 0 fully saturated rings. The topological polar surface area (TPSA) is 94.7 Å². The van der Waals surface area contributed by atoms with Crippen LogP contribution in [0.3, 0.4) is 0 Å². The van der Waals surface area contributed by atoms with Gasteiger partial charge in [0.1, 0.15) is 11.5 Å². The number of thiophene rings is 1. The molecule has 8 nitrogen and oxygen atoms in total. The van der Waals surface area contributed by atoms with Crippen LogP contribution in [0.4, 0.5) is 5.69 Å². The quantitative estimate of drug-likeness (QED) is 0.603. The molecule has 0 atom stereocenters. The predicted octanol–water partition coefficient (Wildman–Crippen LogP) is 1.68. The summed E-state index contributed by atoms with van der Waals surface area (Å²) < 4.78 is 2.19. The van der Waals surface area contributed by atoms with Crippen LogP contribution in [0.2, 0.25) is 0 Å². The van der Waals surface area contributed by atoms with E-state index in [1.807, 2.05) is 29.6 Å². The number of nitrogens with zero attached hydrogens (tertiary/aromatic N) is 5. The Morgan fingerprint density at radius 2 is 2.04 bits per heavy atom. The van der Waals surface area contributed by atoms with Crippen molar-refractivity contribution < 1.29 is 4.79 Å². The van der Waals surface area contributed by atoms with Crippen LogP contribution in [0, 0.1) is 0 Å². The highest BCUT2D eigenvalue weighted by atomic mass is 32.1. The number of benzene rings is 1. The number of amides is 1. The lowest BCUT2D eigenvalue weighted by Gasteiger charge is -2.07. The molecule has 0 unspecified atom stereocenters. The Hall–Kier alpha value is -3.33. The third kappa shape index (κ3) is 2.92. The number of carbonyl (C=O) groups excluding carboxylic acids is 1. The van der Waals surface area contributed by atoms with E-state index in [1.165, 1.54) is 16.0 Å². The number of aromatic nitrogens is 5. The standard InChI is InChI=1S/C16H12N6O2S/c23-14(18-13-6-1-5-12-11(13)4-2-8-17-12)10-21-16(24)22(20-19-21)15-7-3-9-25-15/h1-9H,10H2,(H,18,23). The molecule has 1 aromatic carbocycles. The van der Waals surface area contributed by atoms with Gasteiger partial charge in [0.05, 0.1) is 11.2 Å². The van der Waals surface area contributed by atoms with Gasteiger partial charge in [0, 0.05) is 11.6 Å². The summed E-state index contributed by atoms with van der Waals surface area (Å²) in [5.41, 5.74) is 0.951. The molecule has 0 aliphatic carbocycles. The smallest absolute Gasteiger partial charge is 0.324 e. The highest BCUT2D eigenvalue weighted by Crippen LogP contribution is 2.21. The van der Waals surface area contributed by atoms with E-state index in [0.29, 0.717) is 10.7 Å². The Labute approximate surface area is 145 Å². The van der Waals surface area contributed by atoms with Gasteiger partial charge in [-0.1, -0.05) is 6.07 Å². The molecule has 0 radical (unpaired) electrons. The number of fused-ring (bicyclic) bond motifs is 1. The first-order valence-corrected chi connectivity index (χ1v) is 8.30. The first-order chi connectivity index (χ1) is 12.2. The molecule has 0 aliphatic heterocycles. The summed E-state index contributed by atoms with van der Waals surface area (Å²) in [4.78, 5) is 28.8. The molecular formula is C16H12N6O2S. The monoisotopic (exact) mass is 352 g/mol. The van der Waals surface area contributed by atoms with Crippen molar-refractivity contribution in [2.75, 3.05) is 5.32 Å². The van der Waals surface area contributed by atoms with Crippen LogP contribution in [0.5, 0.6) is 0 Å². The minimum atomic E-state index is -0.461. The van der Waals surface area contributed by atoms with E-state index >= 15 is 0 Å². The second kappa shape index (κ2) is 6.29. The maximum Gasteiger partial charge on any atom is 0.369 e. The molecule has 3 aromatic heterocycles. The van der Waals surface area contributed by atoms with Gasteiger partial charge in [-0.15, -0.1) is 11.3 Å². The summed E-state index contributed by atoms with van der Waals surface area (Å²) in [6.45, 7) is -0.221. The molecule has 9 heteroatoms. The van der Waals surface area contributed by atoms with E-state index in [0.717, 1.165) is 15.6 Å². The van der Waals surface area contributed by atoms with Gasteiger partial charge in [-0.05, 0) is 52.2 Å². The number of rotatable bonds is 4. The molecule has 1 N–H and O–H groups in total. The van der Waals surface area contributed by atoms with E-state index < -0.39 is 5.69 Å². The summed E-state index contributed by atoms with van der Waals surface area (Å²) in [7, 11) is 0. The predicted molar refractivity (Wildman–Crippen MR) is 93.9 cm³/mol. The number of hydrogen-bond donors (Lipinski definition) is 1. The number of carbonyl (C=O) groups is 1. The third-order valence-electron chi connectivity index (χ3n) is 3.57. The number of pyridine rings is 1. The molecule has 4 aromatic rings. The lowest BCUT2D eigenvalue weighted by Crippen LogP contribution is -2.29. The summed E-state index contributed by atoms with van der Waals surface area (Å²) in [6.07, 6.45) is 1.69. The summed E-state index contributed by atoms with van der Waals surface area (Å²) in [5.74, 6) is -0.364. The van der Waals surface area contributed by atoms with E-state index in [9.17, 15) is 9.59 Å². The zero-order chi connectivity index (χ0) is 17.2. The van der Waals surface area contributed by atoms with Crippen molar-refractivity contribution >= 4 is 33.8 Å². The zero-order valence-electron chi connectivity index (χ0n) is 12.9. The Balaban J connectivity index is 1.56. The molecule has 0 saturated carbocycles. The van der Waals surface area contributed by atoms with Crippen LogP contribution >= 0.6 is 11.3 Å². The van der Waals surface area contributed by atoms with Crippen LogP contribution in [-0.4, -0.2) is 30.7 Å². The van der Waals surface area contributed by atoms with Crippen molar-refractivity contribution in [1.82, 2.24) is 24.8 Å². The molecule has 3 heterocycles. The third-order valence-corrected chi connectivity index (χ3v) is 4.41. The van der Waals surface area contributed by atoms with Crippen LogP contribution in [0.15, 0.2) is 58.8 Å². The van der Waals surface area contributed by atoms with E-state index in [1.54, 1.807) is 24.4 Å². The van der Waals surface area contributed by atoms with Gasteiger partial charge >= 0.3 is 5.69 Å². The lowest BCUT2D eigenvalue weighted by molar-refractivity contribution is -0.117. The maximum atomic E-state index is 12.3. The molecule has 0 aliphatic rings. The summed E-state index contributed by atoms with van der Waals surface area (Å²) >= 11 is 1.37. The molecule has 25 heavy (non-hydrogen) atoms. The van der Waals surface area contributed by atoms with Gasteiger partial charge in [0.25, 0.3) is 0 Å². The van der Waals surface area contributed by atoms with Gasteiger partial charge in [-0.3, -0.25) is 9.78 Å². The van der Waals surface area contributed by atoms with Crippen LogP contribution in [0.25, 0.3) is 15.9 Å². The van der Waals surface area contributed by atoms with E-state index in [2.05, 4.69) is 20.7 Å². The fraction of sp³-hybridized carbons (Fsp3) is 0.0625. The van der Waals surface area contributed by atoms with Crippen LogP contribution < -0.4 is 11.0 Å². The highest BCUT2D eigenvalue weighted by molar-refractivity contribution is 7.12. The lowest BCUT2D eigenvalue weighted by atomic mass is 10.2. The first-order valence-electron chi connectivity index (χ1n) is 7.43. The van der Waals surface area contributed by atoms with Crippen molar-refractivity contribution in [3.8, 4) is 5.00 Å². The molecule has 0 bridgehead atoms. The zero-order valence-corrected chi connectivity index (χ0v) is 13.7. The van der Waals surface area contributed by atoms with Gasteiger partial charge in [0.2, 0.25) is 5.91 Å². The fourth-order valence-electron chi connectivity index (χ4n) is 2.44. The molecule has 0 spiro atoms. The molecule has 124 valence electrons. The fourth-order valence-corrected chi connectivity index (χ4v) is 3.11. The normalized spacial score (nSPS) is 10.9. The molecule has 0 saturated heterocycles. The summed E-state index contributed by atoms with van der Waals surface area (Å²) in [6, 6.07) is 12.7. The van der Waals surface area contributed by atoms with Crippen molar-refractivity contribution in [2.45, 2.75) is 6.54 Å². The number of hydrogen-bond acceptors (Lipinski definition) is 6. The summed E-state index contributed by atoms with van der Waals surface area (Å²) in [5, 5.41) is 13.7. The van der Waals surface area contributed by atoms with E-state index in [4.69, 9.17) is 0 Å². The Bertz CT molecular complexity index is 1090. The number of anilines is 1. The van der Waals surface area contributed by atoms with Gasteiger partial charge in [0.15, 0.2) is 0 Å². The minimum absolute atomic E-state index is 0.221. The molecule has 4 rings (SSSR count). The Morgan fingerprint density at radius 3 is 2.88 bits per heavy atom. The number of nitrogens with one attached hydrogen (secondary N) is 1. The van der Waals surface area contributed by atoms with E-state index in [-0.39, 0.29) is 12.5 Å². The van der Waals surface area contributed by atoms with Crippen molar-refractivity contribution in [2.24, 2.45) is 0 Å². The van der Waals surface area contributed by atoms with Crippen molar-refractivity contribution in [3.05, 3.63) is 64.5 Å². The Kier molecular flexibility index (Phi) is 3.82. The average molecular weight is 352 g/mol. The van der Waals surface area contributed by atoms with Gasteiger partial charge < -0.3 is 5.32 Å². The van der Waals surface area contributed by atoms with Gasteiger partial charge in [-0.25, -0.2) is 4.79 Å². The first kappa shape index (κ1) is 15.2. The maximum absolute atomic E-state index is 12.3. The minimum Gasteiger partial charge on any atom is -0.324 e. The molecular weight excluding hydrogens is 340 g/mol. The largest absolute Gasteiger partial charge is 0.369 e. The van der Waals surface area contributed by atoms with Gasteiger partial charge in [-0.2, -0.15) is 9.36 Å². The molecule has 1 amide bonds. The second-order valence-corrected chi connectivity index (χ2v) is 6.13. The van der Waals surface area contributed by atoms with Crippen LogP contribution in [-0.2, 0) is 11.3 Å². The number of tetrazole rings is 1. The Morgan fingerprint density at radius 1 is 1.12 bits per heavy atom. The van der Waals surface area contributed by atoms with Crippen molar-refractivity contribution in [1.29, 1.82) is 0 Å².